The van der Waals surface area contributed by atoms with Crippen LogP contribution in [-0.4, -0.2) is 4.57 Å². The van der Waals surface area contributed by atoms with Gasteiger partial charge in [-0.25, -0.2) is 0 Å². The van der Waals surface area contributed by atoms with Gasteiger partial charge < -0.3 is 9.47 Å². The zero-order valence-electron chi connectivity index (χ0n) is 29.9. The molecular weight excluding hydrogens is 685 g/mol. The molecule has 0 amide bonds. The highest BCUT2D eigenvalue weighted by atomic mass is 32.1. The number of para-hydroxylation sites is 2. The van der Waals surface area contributed by atoms with Crippen molar-refractivity contribution in [2.24, 2.45) is 0 Å². The molecule has 0 fully saturated rings. The van der Waals surface area contributed by atoms with E-state index in [9.17, 15) is 0 Å². The Kier molecular flexibility index (Phi) is 7.39. The summed E-state index contributed by atoms with van der Waals surface area (Å²) in [7, 11) is 0. The van der Waals surface area contributed by atoms with Gasteiger partial charge in [-0.3, -0.25) is 0 Å². The zero-order chi connectivity index (χ0) is 36.3. The Morgan fingerprint density at radius 2 is 0.909 bits per heavy atom. The van der Waals surface area contributed by atoms with E-state index in [1.807, 2.05) is 11.3 Å². The van der Waals surface area contributed by atoms with Gasteiger partial charge >= 0.3 is 0 Å². The van der Waals surface area contributed by atoms with Crippen molar-refractivity contribution in [3.05, 3.63) is 206 Å². The lowest BCUT2D eigenvalue weighted by Gasteiger charge is -2.26. The fourth-order valence-corrected chi connectivity index (χ4v) is 9.48. The lowest BCUT2D eigenvalue weighted by atomic mass is 9.98. The summed E-state index contributed by atoms with van der Waals surface area (Å²) in [5, 5.41) is 7.66. The highest BCUT2D eigenvalue weighted by Crippen LogP contribution is 2.41. The van der Waals surface area contributed by atoms with Crippen LogP contribution in [0.2, 0.25) is 0 Å². The summed E-state index contributed by atoms with van der Waals surface area (Å²) >= 11 is 1.86. The van der Waals surface area contributed by atoms with Crippen LogP contribution in [0.15, 0.2) is 206 Å². The minimum Gasteiger partial charge on any atom is -0.310 e. The van der Waals surface area contributed by atoms with Crippen molar-refractivity contribution >= 4 is 81.1 Å². The summed E-state index contributed by atoms with van der Waals surface area (Å²) in [5.41, 5.74) is 11.7. The van der Waals surface area contributed by atoms with E-state index in [-0.39, 0.29) is 0 Å². The lowest BCUT2D eigenvalue weighted by molar-refractivity contribution is 1.17. The quantitative estimate of drug-likeness (QED) is 0.166. The molecule has 2 nitrogen and oxygen atoms in total. The SMILES string of the molecule is c1cc(N(c2ccc(-c3ccc4sc5ccccc5c4c3)cc2)c2ccc(-c3cccc4ccccc34)cc2)cc(-n2c3ccccc3c3ccccc32)c1. The van der Waals surface area contributed by atoms with Gasteiger partial charge in [0.2, 0.25) is 0 Å². The largest absolute Gasteiger partial charge is 0.310 e. The Morgan fingerprint density at radius 3 is 1.65 bits per heavy atom. The number of hydrogen-bond donors (Lipinski definition) is 0. The van der Waals surface area contributed by atoms with Gasteiger partial charge in [0.15, 0.2) is 0 Å². The molecule has 11 aromatic rings. The molecule has 0 aliphatic carbocycles. The topological polar surface area (TPSA) is 8.17 Å². The molecule has 0 aliphatic rings. The minimum atomic E-state index is 1.09. The summed E-state index contributed by atoms with van der Waals surface area (Å²) in [6.07, 6.45) is 0. The monoisotopic (exact) mass is 718 g/mol. The maximum atomic E-state index is 2.39. The van der Waals surface area contributed by atoms with Gasteiger partial charge in [0.1, 0.15) is 0 Å². The Morgan fingerprint density at radius 1 is 0.345 bits per heavy atom. The second-order valence-corrected chi connectivity index (χ2v) is 15.2. The van der Waals surface area contributed by atoms with Gasteiger partial charge in [-0.1, -0.05) is 133 Å². The van der Waals surface area contributed by atoms with E-state index >= 15 is 0 Å². The molecule has 0 unspecified atom stereocenters. The second-order valence-electron chi connectivity index (χ2n) is 14.2. The number of hydrogen-bond acceptors (Lipinski definition) is 2. The van der Waals surface area contributed by atoms with Crippen LogP contribution in [0.3, 0.4) is 0 Å². The van der Waals surface area contributed by atoms with Crippen molar-refractivity contribution in [1.29, 1.82) is 0 Å². The van der Waals surface area contributed by atoms with Crippen molar-refractivity contribution in [3.63, 3.8) is 0 Å². The van der Waals surface area contributed by atoms with E-state index < -0.39 is 0 Å². The Hall–Kier alpha value is -6.94. The minimum absolute atomic E-state index is 1.09. The molecular formula is C52H34N2S. The molecule has 2 aromatic heterocycles. The van der Waals surface area contributed by atoms with Gasteiger partial charge in [0.25, 0.3) is 0 Å². The predicted octanol–water partition coefficient (Wildman–Crippen LogP) is 15.1. The molecule has 0 aliphatic heterocycles. The molecule has 0 saturated carbocycles. The van der Waals surface area contributed by atoms with Gasteiger partial charge in [-0.15, -0.1) is 11.3 Å². The molecule has 258 valence electrons. The number of thiophene rings is 1. The number of fused-ring (bicyclic) bond motifs is 7. The highest BCUT2D eigenvalue weighted by molar-refractivity contribution is 7.25. The normalized spacial score (nSPS) is 11.6. The maximum absolute atomic E-state index is 2.39. The predicted molar refractivity (Wildman–Crippen MR) is 237 cm³/mol. The molecule has 0 spiro atoms. The van der Waals surface area contributed by atoms with Crippen LogP contribution in [0.5, 0.6) is 0 Å². The van der Waals surface area contributed by atoms with E-state index in [0.29, 0.717) is 0 Å². The summed E-state index contributed by atoms with van der Waals surface area (Å²) in [5.74, 6) is 0. The van der Waals surface area contributed by atoms with Crippen LogP contribution in [-0.2, 0) is 0 Å². The van der Waals surface area contributed by atoms with Gasteiger partial charge in [-0.2, -0.15) is 0 Å². The molecule has 55 heavy (non-hydrogen) atoms. The third-order valence-electron chi connectivity index (χ3n) is 11.0. The van der Waals surface area contributed by atoms with Crippen LogP contribution in [0.25, 0.3) is 80.7 Å². The van der Waals surface area contributed by atoms with E-state index in [4.69, 9.17) is 0 Å². The van der Waals surface area contributed by atoms with Crippen molar-refractivity contribution in [3.8, 4) is 27.9 Å². The maximum Gasteiger partial charge on any atom is 0.0541 e. The molecule has 0 saturated heterocycles. The summed E-state index contributed by atoms with van der Waals surface area (Å²) in [6, 6.07) is 75.2. The number of nitrogens with zero attached hydrogens (tertiary/aromatic N) is 2. The summed E-state index contributed by atoms with van der Waals surface area (Å²) < 4.78 is 5.04. The van der Waals surface area contributed by atoms with Crippen LogP contribution in [0.1, 0.15) is 0 Å². The van der Waals surface area contributed by atoms with Crippen LogP contribution >= 0.6 is 11.3 Å². The molecule has 3 heteroatoms. The highest BCUT2D eigenvalue weighted by Gasteiger charge is 2.17. The van der Waals surface area contributed by atoms with Gasteiger partial charge in [-0.05, 0) is 106 Å². The first-order chi connectivity index (χ1) is 27.3. The van der Waals surface area contributed by atoms with Crippen molar-refractivity contribution in [2.45, 2.75) is 0 Å². The number of benzene rings is 9. The van der Waals surface area contributed by atoms with Crippen molar-refractivity contribution in [1.82, 2.24) is 4.57 Å². The van der Waals surface area contributed by atoms with E-state index in [1.165, 1.54) is 75.0 Å². The van der Waals surface area contributed by atoms with E-state index in [2.05, 4.69) is 216 Å². The average Bonchev–Trinajstić information content (AvgIpc) is 3.80. The summed E-state index contributed by atoms with van der Waals surface area (Å²) in [6.45, 7) is 0. The van der Waals surface area contributed by atoms with Crippen molar-refractivity contribution in [2.75, 3.05) is 4.90 Å². The van der Waals surface area contributed by atoms with Gasteiger partial charge in [0, 0.05) is 53.7 Å². The molecule has 9 aromatic carbocycles. The molecule has 0 bridgehead atoms. The fraction of sp³-hybridized carbons (Fsp3) is 0. The third-order valence-corrected chi connectivity index (χ3v) is 12.1. The van der Waals surface area contributed by atoms with Crippen LogP contribution < -0.4 is 4.90 Å². The fourth-order valence-electron chi connectivity index (χ4n) is 8.39. The first kappa shape index (κ1) is 31.6. The summed E-state index contributed by atoms with van der Waals surface area (Å²) in [4.78, 5) is 2.38. The Bertz CT molecular complexity index is 3150. The molecule has 0 radical (unpaired) electrons. The lowest BCUT2D eigenvalue weighted by Crippen LogP contribution is -2.10. The first-order valence-corrected chi connectivity index (χ1v) is 19.6. The molecule has 2 heterocycles. The zero-order valence-corrected chi connectivity index (χ0v) is 30.7. The van der Waals surface area contributed by atoms with Crippen LogP contribution in [0.4, 0.5) is 17.1 Å². The molecule has 0 N–H and O–H groups in total. The smallest absolute Gasteiger partial charge is 0.0541 e. The van der Waals surface area contributed by atoms with Crippen molar-refractivity contribution < 1.29 is 0 Å². The standard InChI is InChI=1S/C52H34N2S/c1-2-15-43-36(11-1)12-9-19-44(43)37-25-30-40(31-26-37)53(39-28-23-35(24-29-39)38-27-32-52-48(33-38)47-18-5-8-22-51(47)55-52)41-13-10-14-42(34-41)54-49-20-6-3-16-45(49)46-17-4-7-21-50(46)54/h1-34H. The number of aromatic nitrogens is 1. The van der Waals surface area contributed by atoms with E-state index in [0.717, 1.165) is 22.7 Å². The first-order valence-electron chi connectivity index (χ1n) is 18.8. The number of rotatable bonds is 6. The average molecular weight is 719 g/mol. The third kappa shape index (κ3) is 5.32. The molecule has 11 rings (SSSR count). The van der Waals surface area contributed by atoms with Crippen LogP contribution in [0, 0.1) is 0 Å². The Labute approximate surface area is 323 Å². The van der Waals surface area contributed by atoms with E-state index in [1.54, 1.807) is 0 Å². The molecule has 0 atom stereocenters. The van der Waals surface area contributed by atoms with Gasteiger partial charge in [0.05, 0.1) is 11.0 Å². The number of anilines is 3. The second kappa shape index (κ2) is 12.9. The Balaban J connectivity index is 1.04.